The first-order valence-electron chi connectivity index (χ1n) is 3.83. The summed E-state index contributed by atoms with van der Waals surface area (Å²) in [6.45, 7) is 6.68. The molecule has 11 heavy (non-hydrogen) atoms. The Hall–Kier alpha value is -0.570. The van der Waals surface area contributed by atoms with Crippen LogP contribution in [0.15, 0.2) is 0 Å². The highest BCUT2D eigenvalue weighted by Gasteiger charge is 1.91. The molecule has 0 aromatic heterocycles. The van der Waals surface area contributed by atoms with Crippen molar-refractivity contribution in [3.8, 4) is 0 Å². The smallest absolute Gasteiger partial charge is 0.306 e. The third-order valence-electron chi connectivity index (χ3n) is 1.13. The summed E-state index contributed by atoms with van der Waals surface area (Å²) in [7, 11) is 0. The van der Waals surface area contributed by atoms with Crippen molar-refractivity contribution in [1.29, 1.82) is 0 Å². The van der Waals surface area contributed by atoms with Crippen LogP contribution >= 0.6 is 0 Å². The summed E-state index contributed by atoms with van der Waals surface area (Å²) in [5.74, 6) is -0.496. The molecule has 0 unspecified atom stereocenters. The molecule has 0 fully saturated rings. The van der Waals surface area contributed by atoms with E-state index >= 15 is 0 Å². The fourth-order valence-corrected chi connectivity index (χ4v) is 0.563. The van der Waals surface area contributed by atoms with E-state index in [0.29, 0.717) is 13.2 Å². The predicted octanol–water partition coefficient (Wildman–Crippen LogP) is 1.18. The van der Waals surface area contributed by atoms with Crippen LogP contribution in [0.3, 0.4) is 0 Å². The molecule has 0 rings (SSSR count). The molecule has 0 heterocycles. The molecule has 0 aromatic rings. The zero-order valence-electron chi connectivity index (χ0n) is 6.97. The molecule has 0 aliphatic carbocycles. The molecule has 1 radical (unpaired) electrons. The lowest BCUT2D eigenvalue weighted by Crippen LogP contribution is -2.08. The molecule has 65 valence electrons. The lowest BCUT2D eigenvalue weighted by Gasteiger charge is -2.02. The molecule has 0 aliphatic heterocycles. The van der Waals surface area contributed by atoms with Crippen molar-refractivity contribution in [1.82, 2.24) is 0 Å². The second-order valence-electron chi connectivity index (χ2n) is 2.19. The van der Waals surface area contributed by atoms with Crippen LogP contribution in [0.25, 0.3) is 0 Å². The van der Waals surface area contributed by atoms with Gasteiger partial charge in [0.15, 0.2) is 0 Å². The highest BCUT2D eigenvalue weighted by molar-refractivity contribution is 5.73. The molecule has 0 saturated carbocycles. The maximum absolute atomic E-state index is 10.1. The van der Waals surface area contributed by atoms with Crippen LogP contribution in [0.4, 0.5) is 0 Å². The van der Waals surface area contributed by atoms with Crippen molar-refractivity contribution < 1.29 is 14.3 Å². The Bertz CT molecular complexity index is 102. The maximum Gasteiger partial charge on any atom is 0.306 e. The highest BCUT2D eigenvalue weighted by atomic mass is 16.6. The lowest BCUT2D eigenvalue weighted by atomic mass is 10.4. The largest absolute Gasteiger partial charge is 0.463 e. The van der Waals surface area contributed by atoms with Gasteiger partial charge in [-0.2, -0.15) is 0 Å². The minimum Gasteiger partial charge on any atom is -0.463 e. The average Bonchev–Trinajstić information content (AvgIpc) is 1.96. The first-order valence-corrected chi connectivity index (χ1v) is 3.83. The van der Waals surface area contributed by atoms with E-state index in [1.54, 1.807) is 0 Å². The van der Waals surface area contributed by atoms with Gasteiger partial charge in [0.2, 0.25) is 0 Å². The van der Waals surface area contributed by atoms with Crippen molar-refractivity contribution in [3.05, 3.63) is 6.92 Å². The first-order chi connectivity index (χ1) is 5.27. The van der Waals surface area contributed by atoms with E-state index in [4.69, 9.17) is 4.74 Å². The normalized spacial score (nSPS) is 9.64. The van der Waals surface area contributed by atoms with Gasteiger partial charge < -0.3 is 9.47 Å². The van der Waals surface area contributed by atoms with Crippen molar-refractivity contribution in [3.63, 3.8) is 0 Å². The second kappa shape index (κ2) is 7.54. The molecule has 3 nitrogen and oxygen atoms in total. The van der Waals surface area contributed by atoms with Crippen molar-refractivity contribution in [2.75, 3.05) is 19.8 Å². The van der Waals surface area contributed by atoms with Gasteiger partial charge >= 0.3 is 5.97 Å². The Kier molecular flexibility index (Phi) is 7.15. The predicted molar refractivity (Wildman–Crippen MR) is 42.0 cm³/mol. The third kappa shape index (κ3) is 9.43. The second-order valence-corrected chi connectivity index (χ2v) is 2.19. The van der Waals surface area contributed by atoms with Gasteiger partial charge in [0.1, 0.15) is 6.61 Å². The van der Waals surface area contributed by atoms with Gasteiger partial charge in [0, 0.05) is 6.61 Å². The topological polar surface area (TPSA) is 35.5 Å². The Balaban J connectivity index is 2.85. The van der Waals surface area contributed by atoms with Gasteiger partial charge in [0.05, 0.1) is 13.5 Å². The number of hydrogen-bond donors (Lipinski definition) is 0. The lowest BCUT2D eigenvalue weighted by molar-refractivity contribution is -0.139. The Morgan fingerprint density at radius 3 is 2.64 bits per heavy atom. The van der Waals surface area contributed by atoms with Gasteiger partial charge in [-0.05, 0) is 6.42 Å². The van der Waals surface area contributed by atoms with Crippen LogP contribution in [0, 0.1) is 6.92 Å². The number of ether oxygens (including phenoxy) is 2. The standard InChI is InChI=1S/C8H15O3/c1-3-4-5-10-6-7-11-8(2)9/h2-7H2,1H3. The number of rotatable bonds is 6. The average molecular weight is 159 g/mol. The van der Waals surface area contributed by atoms with Crippen molar-refractivity contribution in [2.24, 2.45) is 0 Å². The quantitative estimate of drug-likeness (QED) is 0.431. The summed E-state index contributed by atoms with van der Waals surface area (Å²) in [5.41, 5.74) is 0. The zero-order valence-corrected chi connectivity index (χ0v) is 6.97. The minimum absolute atomic E-state index is 0.312. The Morgan fingerprint density at radius 2 is 2.09 bits per heavy atom. The first kappa shape index (κ1) is 10.4. The number of hydrogen-bond acceptors (Lipinski definition) is 3. The summed E-state index contributed by atoms with van der Waals surface area (Å²) < 4.78 is 9.67. The number of esters is 1. The van der Waals surface area contributed by atoms with E-state index in [9.17, 15) is 4.79 Å². The molecule has 0 spiro atoms. The fraction of sp³-hybridized carbons (Fsp3) is 0.750. The van der Waals surface area contributed by atoms with Crippen LogP contribution in [-0.4, -0.2) is 25.8 Å². The van der Waals surface area contributed by atoms with E-state index < -0.39 is 5.97 Å². The van der Waals surface area contributed by atoms with Gasteiger partial charge in [-0.3, -0.25) is 4.79 Å². The molecule has 0 aromatic carbocycles. The highest BCUT2D eigenvalue weighted by Crippen LogP contribution is 1.87. The van der Waals surface area contributed by atoms with Crippen LogP contribution < -0.4 is 0 Å². The number of carbonyl (C=O) groups excluding carboxylic acids is 1. The summed E-state index contributed by atoms with van der Waals surface area (Å²) >= 11 is 0. The van der Waals surface area contributed by atoms with E-state index in [2.05, 4.69) is 18.6 Å². The van der Waals surface area contributed by atoms with Crippen LogP contribution in [0.5, 0.6) is 0 Å². The number of carbonyl (C=O) groups is 1. The van der Waals surface area contributed by atoms with Gasteiger partial charge in [0.25, 0.3) is 0 Å². The van der Waals surface area contributed by atoms with E-state index in [1.165, 1.54) is 0 Å². The van der Waals surface area contributed by atoms with Gasteiger partial charge in [-0.15, -0.1) is 0 Å². The molecular formula is C8H15O3. The molecule has 0 saturated heterocycles. The Labute approximate surface area is 67.7 Å². The molecule has 0 bridgehead atoms. The summed E-state index contributed by atoms with van der Waals surface area (Å²) in [4.78, 5) is 10.1. The van der Waals surface area contributed by atoms with E-state index in [-0.39, 0.29) is 0 Å². The number of unbranched alkanes of at least 4 members (excludes halogenated alkanes) is 1. The molecular weight excluding hydrogens is 144 g/mol. The molecule has 3 heteroatoms. The summed E-state index contributed by atoms with van der Waals surface area (Å²) in [5, 5.41) is 0. The van der Waals surface area contributed by atoms with Crippen LogP contribution in [-0.2, 0) is 14.3 Å². The molecule has 0 atom stereocenters. The SMILES string of the molecule is [CH2]C(=O)OCCOCCCC. The fourth-order valence-electron chi connectivity index (χ4n) is 0.563. The maximum atomic E-state index is 10.1. The molecule has 0 amide bonds. The van der Waals surface area contributed by atoms with E-state index in [1.807, 2.05) is 0 Å². The van der Waals surface area contributed by atoms with Crippen LogP contribution in [0.2, 0.25) is 0 Å². The third-order valence-corrected chi connectivity index (χ3v) is 1.13. The molecule has 0 N–H and O–H groups in total. The Morgan fingerprint density at radius 1 is 1.36 bits per heavy atom. The minimum atomic E-state index is -0.496. The van der Waals surface area contributed by atoms with Crippen molar-refractivity contribution in [2.45, 2.75) is 19.8 Å². The van der Waals surface area contributed by atoms with Crippen LogP contribution in [0.1, 0.15) is 19.8 Å². The summed E-state index contributed by atoms with van der Waals surface area (Å²) in [6, 6.07) is 0. The zero-order chi connectivity index (χ0) is 8.53. The van der Waals surface area contributed by atoms with Gasteiger partial charge in [-0.1, -0.05) is 13.3 Å². The van der Waals surface area contributed by atoms with E-state index in [0.717, 1.165) is 19.4 Å². The van der Waals surface area contributed by atoms with Crippen molar-refractivity contribution >= 4 is 5.97 Å². The van der Waals surface area contributed by atoms with Gasteiger partial charge in [-0.25, -0.2) is 0 Å². The summed E-state index contributed by atoms with van der Waals surface area (Å²) in [6.07, 6.45) is 2.17. The molecule has 0 aliphatic rings. The monoisotopic (exact) mass is 159 g/mol.